The molecule has 212 valence electrons. The van der Waals surface area contributed by atoms with Crippen molar-refractivity contribution in [3.63, 3.8) is 0 Å². The molecule has 1 N–H and O–H groups in total. The first-order valence-electron chi connectivity index (χ1n) is 14.6. The Kier molecular flexibility index (Phi) is 10.8. The predicted octanol–water partition coefficient (Wildman–Crippen LogP) is 8.73. The summed E-state index contributed by atoms with van der Waals surface area (Å²) in [5.74, 6) is 1.02. The summed E-state index contributed by atoms with van der Waals surface area (Å²) in [6.45, 7) is 4.60. The number of unbranched alkanes of at least 4 members (excludes halogenated alkanes) is 7. The van der Waals surface area contributed by atoms with Gasteiger partial charge in [0.1, 0.15) is 11.5 Å². The maximum Gasteiger partial charge on any atom is 0.339 e. The van der Waals surface area contributed by atoms with Gasteiger partial charge in [-0.15, -0.1) is 0 Å². The maximum atomic E-state index is 13.6. The van der Waals surface area contributed by atoms with E-state index in [-0.39, 0.29) is 12.1 Å². The topological polar surface area (TPSA) is 65.0 Å². The molecule has 0 spiro atoms. The van der Waals surface area contributed by atoms with Gasteiger partial charge in [-0.3, -0.25) is 0 Å². The Morgan fingerprint density at radius 1 is 0.725 bits per heavy atom. The lowest BCUT2D eigenvalue weighted by molar-refractivity contribution is 0.0378. The van der Waals surface area contributed by atoms with Crippen molar-refractivity contribution < 1.29 is 24.1 Å². The van der Waals surface area contributed by atoms with Crippen molar-refractivity contribution in [3.05, 3.63) is 72.3 Å². The monoisotopic (exact) mass is 542 g/mol. The van der Waals surface area contributed by atoms with Gasteiger partial charge >= 0.3 is 5.97 Å². The number of carbonyl (C=O) groups is 1. The summed E-state index contributed by atoms with van der Waals surface area (Å²) >= 11 is 0. The minimum absolute atomic E-state index is 0.255. The number of hydrogen-bond donors (Lipinski definition) is 1. The molecule has 0 saturated carbocycles. The van der Waals surface area contributed by atoms with E-state index in [9.17, 15) is 4.79 Å². The molecule has 0 bridgehead atoms. The molecule has 0 aliphatic rings. The highest BCUT2D eigenvalue weighted by Gasteiger charge is 2.25. The Bertz CT molecular complexity index is 1410. The van der Waals surface area contributed by atoms with E-state index in [4.69, 9.17) is 19.3 Å². The minimum Gasteiger partial charge on any atom is -0.496 e. The Balaban J connectivity index is 1.68. The first kappa shape index (κ1) is 29.4. The summed E-state index contributed by atoms with van der Waals surface area (Å²) in [4.78, 5) is 13.6. The third-order valence-electron chi connectivity index (χ3n) is 7.24. The van der Waals surface area contributed by atoms with Gasteiger partial charge in [0.2, 0.25) is 0 Å². The fourth-order valence-electron chi connectivity index (χ4n) is 5.31. The summed E-state index contributed by atoms with van der Waals surface area (Å²) in [5, 5.41) is 12.9. The zero-order chi connectivity index (χ0) is 28.3. The normalized spacial score (nSPS) is 11.3. The van der Waals surface area contributed by atoms with Gasteiger partial charge < -0.3 is 19.3 Å². The molecular formula is C35H42O5. The zero-order valence-electron chi connectivity index (χ0n) is 24.1. The lowest BCUT2D eigenvalue weighted by Gasteiger charge is -2.20. The number of rotatable bonds is 15. The second-order valence-corrected chi connectivity index (χ2v) is 10.6. The Labute approximate surface area is 238 Å². The second-order valence-electron chi connectivity index (χ2n) is 10.6. The van der Waals surface area contributed by atoms with Gasteiger partial charge in [-0.05, 0) is 55.0 Å². The maximum absolute atomic E-state index is 13.6. The van der Waals surface area contributed by atoms with E-state index in [1.165, 1.54) is 25.7 Å². The number of methoxy groups -OCH3 is 1. The lowest BCUT2D eigenvalue weighted by Crippen LogP contribution is -2.13. The average Bonchev–Trinajstić information content (AvgIpc) is 2.97. The molecule has 0 aromatic heterocycles. The first-order valence-corrected chi connectivity index (χ1v) is 14.6. The summed E-state index contributed by atoms with van der Waals surface area (Å²) < 4.78 is 17.9. The molecule has 5 nitrogen and oxygen atoms in total. The number of carbonyl (C=O) groups excluding carboxylic acids is 1. The number of fused-ring (bicyclic) bond motifs is 2. The molecule has 40 heavy (non-hydrogen) atoms. The van der Waals surface area contributed by atoms with Crippen LogP contribution in [0.25, 0.3) is 32.7 Å². The highest BCUT2D eigenvalue weighted by atomic mass is 16.5. The molecule has 0 amide bonds. The summed E-state index contributed by atoms with van der Waals surface area (Å²) in [6.07, 6.45) is 8.60. The molecule has 5 heteroatoms. The van der Waals surface area contributed by atoms with Crippen LogP contribution in [-0.4, -0.2) is 37.5 Å². The van der Waals surface area contributed by atoms with Crippen molar-refractivity contribution >= 4 is 27.5 Å². The summed E-state index contributed by atoms with van der Waals surface area (Å²) in [5.41, 5.74) is 2.14. The van der Waals surface area contributed by atoms with Crippen LogP contribution in [0.4, 0.5) is 0 Å². The fraction of sp³-hybridized carbons (Fsp3) is 0.400. The van der Waals surface area contributed by atoms with Gasteiger partial charge in [0.25, 0.3) is 0 Å². The van der Waals surface area contributed by atoms with Crippen LogP contribution >= 0.6 is 0 Å². The predicted molar refractivity (Wildman–Crippen MR) is 164 cm³/mol. The summed E-state index contributed by atoms with van der Waals surface area (Å²) in [7, 11) is 1.66. The van der Waals surface area contributed by atoms with Crippen LogP contribution in [0.5, 0.6) is 11.5 Å². The first-order chi connectivity index (χ1) is 19.5. The van der Waals surface area contributed by atoms with Crippen molar-refractivity contribution in [3.8, 4) is 22.6 Å². The van der Waals surface area contributed by atoms with Gasteiger partial charge in [0.05, 0.1) is 25.4 Å². The molecule has 0 radical (unpaired) electrons. The van der Waals surface area contributed by atoms with Crippen LogP contribution in [0.2, 0.25) is 0 Å². The number of aliphatic hydroxyl groups is 1. The Morgan fingerprint density at radius 3 is 2.02 bits per heavy atom. The minimum atomic E-state index is -0.378. The van der Waals surface area contributed by atoms with Crippen LogP contribution < -0.4 is 9.47 Å². The van der Waals surface area contributed by atoms with Crippen LogP contribution in [0.3, 0.4) is 0 Å². The van der Waals surface area contributed by atoms with Crippen LogP contribution in [0.1, 0.15) is 75.6 Å². The zero-order valence-corrected chi connectivity index (χ0v) is 24.1. The molecule has 4 aromatic rings. The van der Waals surface area contributed by atoms with Crippen LogP contribution in [0, 0.1) is 0 Å². The van der Waals surface area contributed by atoms with Crippen molar-refractivity contribution in [1.29, 1.82) is 0 Å². The average molecular weight is 543 g/mol. The number of hydrogen-bond acceptors (Lipinski definition) is 5. The van der Waals surface area contributed by atoms with Crippen molar-refractivity contribution in [2.75, 3.05) is 20.3 Å². The number of aliphatic hydroxyl groups excluding tert-OH is 1. The smallest absolute Gasteiger partial charge is 0.339 e. The quantitative estimate of drug-likeness (QED) is 0.120. The largest absolute Gasteiger partial charge is 0.496 e. The molecule has 0 unspecified atom stereocenters. The van der Waals surface area contributed by atoms with E-state index in [1.807, 2.05) is 62.4 Å². The van der Waals surface area contributed by atoms with Crippen molar-refractivity contribution in [2.45, 2.75) is 71.3 Å². The van der Waals surface area contributed by atoms with E-state index >= 15 is 0 Å². The van der Waals surface area contributed by atoms with Gasteiger partial charge in [0.15, 0.2) is 0 Å². The molecule has 4 rings (SSSR count). The Hall–Kier alpha value is -3.57. The molecule has 4 aromatic carbocycles. The third-order valence-corrected chi connectivity index (χ3v) is 7.24. The summed E-state index contributed by atoms with van der Waals surface area (Å²) in [6, 6.07) is 22.1. The van der Waals surface area contributed by atoms with Gasteiger partial charge in [0, 0.05) is 23.1 Å². The standard InChI is InChI=1S/C35H42O5/c1-25(2)40-35(37)30-24-32(39-23-15-9-7-5-4-6-8-14-22-36)28-18-12-13-19-29(28)33(30)34-27-17-11-10-16-26(27)20-21-31(34)38-3/h10-13,16-21,24-25,36H,4-9,14-15,22-23H2,1-3H3. The molecule has 0 fully saturated rings. The SMILES string of the molecule is COc1ccc2ccccc2c1-c1c(C(=O)OC(C)C)cc(OCCCCCCCCCCO)c2ccccc12. The molecule has 0 atom stereocenters. The highest BCUT2D eigenvalue weighted by molar-refractivity contribution is 6.15. The van der Waals surface area contributed by atoms with E-state index < -0.39 is 0 Å². The molecule has 0 aliphatic carbocycles. The van der Waals surface area contributed by atoms with Gasteiger partial charge in [-0.25, -0.2) is 4.79 Å². The van der Waals surface area contributed by atoms with E-state index in [2.05, 4.69) is 18.2 Å². The fourth-order valence-corrected chi connectivity index (χ4v) is 5.31. The molecule has 0 heterocycles. The molecular weight excluding hydrogens is 500 g/mol. The van der Waals surface area contributed by atoms with Crippen molar-refractivity contribution in [2.24, 2.45) is 0 Å². The number of ether oxygens (including phenoxy) is 3. The lowest BCUT2D eigenvalue weighted by atomic mass is 9.89. The third kappa shape index (κ3) is 7.14. The second kappa shape index (κ2) is 14.7. The highest BCUT2D eigenvalue weighted by Crippen LogP contribution is 2.45. The molecule has 0 aliphatic heterocycles. The van der Waals surface area contributed by atoms with Crippen LogP contribution in [0.15, 0.2) is 66.7 Å². The van der Waals surface area contributed by atoms with Crippen molar-refractivity contribution in [1.82, 2.24) is 0 Å². The number of esters is 1. The van der Waals surface area contributed by atoms with Gasteiger partial charge in [-0.2, -0.15) is 0 Å². The molecule has 0 saturated heterocycles. The van der Waals surface area contributed by atoms with Crippen LogP contribution in [-0.2, 0) is 4.74 Å². The van der Waals surface area contributed by atoms with E-state index in [0.717, 1.165) is 58.4 Å². The number of benzene rings is 4. The van der Waals surface area contributed by atoms with Gasteiger partial charge in [-0.1, -0.05) is 93.1 Å². The Morgan fingerprint density at radius 2 is 1.35 bits per heavy atom. The van der Waals surface area contributed by atoms with E-state index in [1.54, 1.807) is 7.11 Å². The van der Waals surface area contributed by atoms with E-state index in [0.29, 0.717) is 30.3 Å².